The number of aromatic nitrogens is 2. The molecule has 0 saturated carbocycles. The van der Waals surface area contributed by atoms with Gasteiger partial charge in [0.15, 0.2) is 5.76 Å². The van der Waals surface area contributed by atoms with Crippen LogP contribution in [0.2, 0.25) is 0 Å². The molecular weight excluding hydrogens is 344 g/mol. The number of pyridine rings is 1. The minimum atomic E-state index is 0.599. The maximum Gasteiger partial charge on any atom is 0.206 e. The number of hydrogen-bond donors (Lipinski definition) is 0. The smallest absolute Gasteiger partial charge is 0.206 e. The van der Waals surface area contributed by atoms with Crippen LogP contribution in [-0.4, -0.2) is 15.9 Å². The third-order valence-electron chi connectivity index (χ3n) is 3.71. The molecule has 6 heteroatoms. The lowest BCUT2D eigenvalue weighted by Crippen LogP contribution is -2.12. The molecule has 0 saturated heterocycles. The predicted octanol–water partition coefficient (Wildman–Crippen LogP) is 4.19. The lowest BCUT2D eigenvalue weighted by Gasteiger charge is -2.01. The molecule has 0 unspecified atom stereocenters. The standard InChI is InChI=1S/C20H16N4OS/c1-2-6-16(7-3-1)13-22-20-24(23-14-17-8-4-10-21-12-17)18(15-26-20)19-9-5-11-25-19/h1-12,14-15H,13H2/b22-20?,23-14-. The summed E-state index contributed by atoms with van der Waals surface area (Å²) in [6, 6.07) is 17.8. The molecule has 4 aromatic rings. The van der Waals surface area contributed by atoms with Crippen molar-refractivity contribution in [2.75, 3.05) is 0 Å². The molecule has 0 radical (unpaired) electrons. The summed E-state index contributed by atoms with van der Waals surface area (Å²) in [7, 11) is 0. The zero-order valence-electron chi connectivity index (χ0n) is 13.9. The Labute approximate surface area is 154 Å². The van der Waals surface area contributed by atoms with Crippen LogP contribution in [0.4, 0.5) is 0 Å². The monoisotopic (exact) mass is 360 g/mol. The van der Waals surface area contributed by atoms with E-state index in [9.17, 15) is 0 Å². The first-order chi connectivity index (χ1) is 12.9. The van der Waals surface area contributed by atoms with E-state index >= 15 is 0 Å². The summed E-state index contributed by atoms with van der Waals surface area (Å²) in [5.41, 5.74) is 2.95. The molecule has 3 aromatic heterocycles. The summed E-state index contributed by atoms with van der Waals surface area (Å²) in [6.07, 6.45) is 6.93. The SMILES string of the molecule is C(=N/n1c(-c2ccco2)csc1=NCc1ccccc1)/c1cccnc1. The van der Waals surface area contributed by atoms with Crippen molar-refractivity contribution in [3.63, 3.8) is 0 Å². The number of hydrogen-bond acceptors (Lipinski definition) is 5. The van der Waals surface area contributed by atoms with Gasteiger partial charge in [-0.1, -0.05) is 36.4 Å². The molecule has 3 heterocycles. The predicted molar refractivity (Wildman–Crippen MR) is 103 cm³/mol. The molecule has 0 fully saturated rings. The van der Waals surface area contributed by atoms with Crippen molar-refractivity contribution in [1.29, 1.82) is 0 Å². The lowest BCUT2D eigenvalue weighted by atomic mass is 10.2. The third kappa shape index (κ3) is 3.70. The molecule has 0 atom stereocenters. The van der Waals surface area contributed by atoms with Crippen LogP contribution >= 0.6 is 11.3 Å². The van der Waals surface area contributed by atoms with Crippen molar-refractivity contribution >= 4 is 17.6 Å². The van der Waals surface area contributed by atoms with Crippen molar-refractivity contribution < 1.29 is 4.42 Å². The fourth-order valence-corrected chi connectivity index (χ4v) is 3.25. The number of furan rings is 1. The largest absolute Gasteiger partial charge is 0.463 e. The van der Waals surface area contributed by atoms with Crippen molar-refractivity contribution in [3.05, 3.63) is 94.6 Å². The Balaban J connectivity index is 1.73. The maximum absolute atomic E-state index is 5.55. The number of rotatable bonds is 5. The Hall–Kier alpha value is -3.25. The van der Waals surface area contributed by atoms with Gasteiger partial charge >= 0.3 is 0 Å². The number of benzene rings is 1. The molecule has 0 aliphatic heterocycles. The van der Waals surface area contributed by atoms with E-state index in [1.165, 1.54) is 11.3 Å². The van der Waals surface area contributed by atoms with Gasteiger partial charge in [0.1, 0.15) is 5.69 Å². The Kier molecular flexibility index (Phi) is 4.84. The molecule has 0 bridgehead atoms. The first kappa shape index (κ1) is 16.2. The molecule has 128 valence electrons. The van der Waals surface area contributed by atoms with Crippen molar-refractivity contribution in [1.82, 2.24) is 9.66 Å². The fourth-order valence-electron chi connectivity index (χ4n) is 2.43. The van der Waals surface area contributed by atoms with Gasteiger partial charge in [-0.05, 0) is 23.8 Å². The van der Waals surface area contributed by atoms with E-state index in [2.05, 4.69) is 22.2 Å². The summed E-state index contributed by atoms with van der Waals surface area (Å²) < 4.78 is 7.35. The van der Waals surface area contributed by atoms with Crippen LogP contribution < -0.4 is 4.80 Å². The first-order valence-electron chi connectivity index (χ1n) is 8.13. The summed E-state index contributed by atoms with van der Waals surface area (Å²) in [5, 5.41) is 6.62. The van der Waals surface area contributed by atoms with Gasteiger partial charge in [-0.3, -0.25) is 9.98 Å². The van der Waals surface area contributed by atoms with Crippen molar-refractivity contribution in [3.8, 4) is 11.5 Å². The summed E-state index contributed by atoms with van der Waals surface area (Å²) >= 11 is 1.54. The molecule has 0 N–H and O–H groups in total. The molecule has 5 nitrogen and oxygen atoms in total. The molecule has 0 aliphatic carbocycles. The second-order valence-corrected chi connectivity index (χ2v) is 6.36. The van der Waals surface area contributed by atoms with Crippen molar-refractivity contribution in [2.24, 2.45) is 10.1 Å². The van der Waals surface area contributed by atoms with Gasteiger partial charge in [0.25, 0.3) is 0 Å². The van der Waals surface area contributed by atoms with E-state index in [0.29, 0.717) is 6.54 Å². The normalized spacial score (nSPS) is 12.1. The Morgan fingerprint density at radius 3 is 2.77 bits per heavy atom. The van der Waals surface area contributed by atoms with E-state index < -0.39 is 0 Å². The molecule has 1 aromatic carbocycles. The number of nitrogens with zero attached hydrogens (tertiary/aromatic N) is 4. The van der Waals surface area contributed by atoms with Crippen LogP contribution in [0.15, 0.2) is 93.1 Å². The second-order valence-electron chi connectivity index (χ2n) is 5.53. The van der Waals surface area contributed by atoms with Gasteiger partial charge in [-0.15, -0.1) is 11.3 Å². The minimum absolute atomic E-state index is 0.599. The summed E-state index contributed by atoms with van der Waals surface area (Å²) in [4.78, 5) is 9.65. The van der Waals surface area contributed by atoms with Gasteiger partial charge < -0.3 is 4.42 Å². The van der Waals surface area contributed by atoms with Crippen LogP contribution in [0.1, 0.15) is 11.1 Å². The van der Waals surface area contributed by atoms with E-state index in [1.807, 2.05) is 47.8 Å². The van der Waals surface area contributed by atoms with Gasteiger partial charge in [-0.2, -0.15) is 5.10 Å². The van der Waals surface area contributed by atoms with Crippen LogP contribution in [0.5, 0.6) is 0 Å². The van der Waals surface area contributed by atoms with E-state index in [4.69, 9.17) is 9.41 Å². The maximum atomic E-state index is 5.55. The highest BCUT2D eigenvalue weighted by Gasteiger charge is 2.09. The molecular formula is C20H16N4OS. The van der Waals surface area contributed by atoms with Crippen LogP contribution in [-0.2, 0) is 6.54 Å². The molecule has 0 spiro atoms. The Morgan fingerprint density at radius 1 is 1.08 bits per heavy atom. The molecule has 0 aliphatic rings. The highest BCUT2D eigenvalue weighted by molar-refractivity contribution is 7.07. The zero-order valence-corrected chi connectivity index (χ0v) is 14.7. The minimum Gasteiger partial charge on any atom is -0.463 e. The average molecular weight is 360 g/mol. The van der Waals surface area contributed by atoms with Crippen molar-refractivity contribution in [2.45, 2.75) is 6.54 Å². The average Bonchev–Trinajstić information content (AvgIpc) is 3.36. The zero-order chi connectivity index (χ0) is 17.6. The third-order valence-corrected chi connectivity index (χ3v) is 4.56. The van der Waals surface area contributed by atoms with Gasteiger partial charge in [-0.25, -0.2) is 4.68 Å². The highest BCUT2D eigenvalue weighted by Crippen LogP contribution is 2.20. The van der Waals surface area contributed by atoms with E-state index in [0.717, 1.165) is 27.4 Å². The summed E-state index contributed by atoms with van der Waals surface area (Å²) in [6.45, 7) is 0.599. The molecule has 4 rings (SSSR count). The second kappa shape index (κ2) is 7.76. The molecule has 26 heavy (non-hydrogen) atoms. The Morgan fingerprint density at radius 2 is 2.00 bits per heavy atom. The van der Waals surface area contributed by atoms with E-state index in [1.54, 1.807) is 29.5 Å². The molecule has 0 amide bonds. The van der Waals surface area contributed by atoms with Crippen LogP contribution in [0, 0.1) is 0 Å². The highest BCUT2D eigenvalue weighted by atomic mass is 32.1. The fraction of sp³-hybridized carbons (Fsp3) is 0.0500. The van der Waals surface area contributed by atoms with Gasteiger partial charge in [0.05, 0.1) is 19.0 Å². The topological polar surface area (TPSA) is 55.7 Å². The van der Waals surface area contributed by atoms with Crippen LogP contribution in [0.25, 0.3) is 11.5 Å². The summed E-state index contributed by atoms with van der Waals surface area (Å²) in [5.74, 6) is 0.755. The van der Waals surface area contributed by atoms with E-state index in [-0.39, 0.29) is 0 Å². The van der Waals surface area contributed by atoms with Gasteiger partial charge in [0.2, 0.25) is 4.80 Å². The quantitative estimate of drug-likeness (QED) is 0.501. The lowest BCUT2D eigenvalue weighted by molar-refractivity contribution is 0.575. The van der Waals surface area contributed by atoms with Gasteiger partial charge in [0, 0.05) is 23.3 Å². The first-order valence-corrected chi connectivity index (χ1v) is 9.01. The Bertz CT molecular complexity index is 1050. The van der Waals surface area contributed by atoms with Crippen LogP contribution in [0.3, 0.4) is 0 Å². The number of thiazole rings is 1.